The summed E-state index contributed by atoms with van der Waals surface area (Å²) in [7, 11) is -3.72. The van der Waals surface area contributed by atoms with Crippen LogP contribution in [-0.4, -0.2) is 44.4 Å². The quantitative estimate of drug-likeness (QED) is 0.425. The van der Waals surface area contributed by atoms with Gasteiger partial charge in [-0.3, -0.25) is 9.32 Å². The third kappa shape index (κ3) is 5.91. The second-order valence-electron chi connectivity index (χ2n) is 8.16. The van der Waals surface area contributed by atoms with E-state index in [0.29, 0.717) is 29.3 Å². The first-order chi connectivity index (χ1) is 15.1. The molecule has 0 aliphatic rings. The number of rotatable bonds is 11. The van der Waals surface area contributed by atoms with Gasteiger partial charge in [0.25, 0.3) is 0 Å². The van der Waals surface area contributed by atoms with Crippen LogP contribution >= 0.6 is 7.60 Å². The largest absolute Gasteiger partial charge is 0.423 e. The highest BCUT2D eigenvalue weighted by Crippen LogP contribution is 2.49. The third-order valence-corrected chi connectivity index (χ3v) is 6.44. The molecule has 3 rings (SSSR count). The molecule has 172 valence electrons. The van der Waals surface area contributed by atoms with Crippen LogP contribution in [-0.2, 0) is 25.2 Å². The van der Waals surface area contributed by atoms with Gasteiger partial charge in [-0.2, -0.15) is 0 Å². The van der Waals surface area contributed by atoms with Gasteiger partial charge in [-0.05, 0) is 26.0 Å². The number of imidazole rings is 1. The van der Waals surface area contributed by atoms with Gasteiger partial charge in [0.15, 0.2) is 17.8 Å². The SMILES string of the molecule is CC(=O)C(C)(C)COP(=O)(CO[C@H](C)Cn1cnc2c(N)ncnc21)Oc1ccccc1. The fourth-order valence-electron chi connectivity index (χ4n) is 2.67. The molecule has 2 atom stereocenters. The summed E-state index contributed by atoms with van der Waals surface area (Å²) in [6.07, 6.45) is 2.30. The van der Waals surface area contributed by atoms with Crippen molar-refractivity contribution in [2.24, 2.45) is 5.41 Å². The Morgan fingerprint density at radius 2 is 1.94 bits per heavy atom. The molecule has 0 aliphatic heterocycles. The average molecular weight is 461 g/mol. The zero-order chi connectivity index (χ0) is 23.4. The number of nitrogens with two attached hydrogens (primary N) is 1. The predicted octanol–water partition coefficient (Wildman–Crippen LogP) is 3.68. The maximum absolute atomic E-state index is 13.5. The Labute approximate surface area is 186 Å². The number of ether oxygens (including phenoxy) is 1. The number of nitrogens with zero attached hydrogens (tertiary/aromatic N) is 4. The highest BCUT2D eigenvalue weighted by molar-refractivity contribution is 7.54. The van der Waals surface area contributed by atoms with Crippen LogP contribution in [0.1, 0.15) is 27.7 Å². The van der Waals surface area contributed by atoms with Gasteiger partial charge in [0.05, 0.1) is 25.6 Å². The number of ketones is 1. The molecule has 1 unspecified atom stereocenters. The van der Waals surface area contributed by atoms with Crippen molar-refractivity contribution in [2.75, 3.05) is 18.7 Å². The molecule has 32 heavy (non-hydrogen) atoms. The monoisotopic (exact) mass is 461 g/mol. The number of para-hydroxylation sites is 1. The first-order valence-electron chi connectivity index (χ1n) is 10.1. The highest BCUT2D eigenvalue weighted by Gasteiger charge is 2.33. The number of Topliss-reactive ketones (excluding diaryl/α,β-unsaturated/α-hetero) is 1. The lowest BCUT2D eigenvalue weighted by atomic mass is 9.90. The van der Waals surface area contributed by atoms with Crippen LogP contribution < -0.4 is 10.3 Å². The smallest absolute Gasteiger partial charge is 0.404 e. The van der Waals surface area contributed by atoms with E-state index in [4.69, 9.17) is 19.5 Å². The van der Waals surface area contributed by atoms with Gasteiger partial charge < -0.3 is 19.6 Å². The minimum absolute atomic E-state index is 0.0630. The van der Waals surface area contributed by atoms with Gasteiger partial charge in [-0.1, -0.05) is 32.0 Å². The summed E-state index contributed by atoms with van der Waals surface area (Å²) in [4.78, 5) is 24.2. The molecular formula is C21H28N5O5P. The molecule has 2 heterocycles. The second-order valence-corrected chi connectivity index (χ2v) is 10.1. The number of hydrogen-bond acceptors (Lipinski definition) is 9. The van der Waals surface area contributed by atoms with Crippen molar-refractivity contribution in [1.29, 1.82) is 0 Å². The van der Waals surface area contributed by atoms with E-state index >= 15 is 0 Å². The topological polar surface area (TPSA) is 131 Å². The molecule has 0 amide bonds. The highest BCUT2D eigenvalue weighted by atomic mass is 31.2. The van der Waals surface area contributed by atoms with Crippen molar-refractivity contribution >= 4 is 30.4 Å². The van der Waals surface area contributed by atoms with Gasteiger partial charge in [0, 0.05) is 5.41 Å². The Hall–Kier alpha value is -2.81. The van der Waals surface area contributed by atoms with E-state index in [1.54, 1.807) is 49.0 Å². The van der Waals surface area contributed by atoms with Crippen molar-refractivity contribution in [3.63, 3.8) is 0 Å². The number of hydrogen-bond donors (Lipinski definition) is 1. The Bertz CT molecular complexity index is 1120. The molecule has 0 bridgehead atoms. The van der Waals surface area contributed by atoms with E-state index < -0.39 is 13.0 Å². The normalized spacial score (nSPS) is 14.8. The van der Waals surface area contributed by atoms with Crippen LogP contribution in [0.4, 0.5) is 5.82 Å². The van der Waals surface area contributed by atoms with Crippen LogP contribution in [0.5, 0.6) is 5.75 Å². The number of carbonyl (C=O) groups is 1. The molecule has 10 nitrogen and oxygen atoms in total. The molecule has 2 N–H and O–H groups in total. The van der Waals surface area contributed by atoms with E-state index in [2.05, 4.69) is 15.0 Å². The summed E-state index contributed by atoms with van der Waals surface area (Å²) < 4.78 is 32.4. The minimum Gasteiger partial charge on any atom is -0.423 e. The molecule has 2 aromatic heterocycles. The van der Waals surface area contributed by atoms with E-state index in [-0.39, 0.29) is 24.8 Å². The Balaban J connectivity index is 1.69. The maximum Gasteiger partial charge on any atom is 0.404 e. The summed E-state index contributed by atoms with van der Waals surface area (Å²) in [5.74, 6) is 0.608. The van der Waals surface area contributed by atoms with Gasteiger partial charge in [-0.15, -0.1) is 0 Å². The zero-order valence-corrected chi connectivity index (χ0v) is 19.5. The van der Waals surface area contributed by atoms with Gasteiger partial charge in [-0.25, -0.2) is 19.5 Å². The van der Waals surface area contributed by atoms with Gasteiger partial charge in [0.2, 0.25) is 0 Å². The van der Waals surface area contributed by atoms with Crippen LogP contribution in [0.25, 0.3) is 11.2 Å². The molecule has 3 aromatic rings. The molecular weight excluding hydrogens is 433 g/mol. The molecule has 0 fully saturated rings. The summed E-state index contributed by atoms with van der Waals surface area (Å²) >= 11 is 0. The maximum atomic E-state index is 13.5. The van der Waals surface area contributed by atoms with Crippen molar-refractivity contribution in [3.05, 3.63) is 43.0 Å². The molecule has 0 saturated carbocycles. The van der Waals surface area contributed by atoms with Crippen molar-refractivity contribution in [2.45, 2.75) is 40.3 Å². The fraction of sp³-hybridized carbons (Fsp3) is 0.429. The fourth-order valence-corrected chi connectivity index (χ4v) is 4.25. The molecule has 1 aromatic carbocycles. The van der Waals surface area contributed by atoms with Crippen molar-refractivity contribution in [1.82, 2.24) is 19.5 Å². The van der Waals surface area contributed by atoms with Crippen LogP contribution in [0.2, 0.25) is 0 Å². The number of nitrogen functional groups attached to an aromatic ring is 1. The first-order valence-corrected chi connectivity index (χ1v) is 11.8. The van der Waals surface area contributed by atoms with Crippen molar-refractivity contribution in [3.8, 4) is 5.75 Å². The lowest BCUT2D eigenvalue weighted by Gasteiger charge is -2.26. The number of anilines is 1. The van der Waals surface area contributed by atoms with E-state index in [9.17, 15) is 9.36 Å². The van der Waals surface area contributed by atoms with Gasteiger partial charge in [0.1, 0.15) is 23.4 Å². The summed E-state index contributed by atoms with van der Waals surface area (Å²) in [6.45, 7) is 7.07. The molecule has 0 spiro atoms. The van der Waals surface area contributed by atoms with E-state index in [0.717, 1.165) is 0 Å². The molecule has 0 radical (unpaired) electrons. The Kier molecular flexibility index (Phi) is 7.28. The summed E-state index contributed by atoms with van der Waals surface area (Å²) in [5.41, 5.74) is 6.10. The van der Waals surface area contributed by atoms with Crippen molar-refractivity contribution < 1.29 is 23.1 Å². The minimum atomic E-state index is -3.72. The molecule has 0 saturated heterocycles. The first kappa shape index (κ1) is 23.8. The van der Waals surface area contributed by atoms with E-state index in [1.165, 1.54) is 13.3 Å². The molecule has 11 heteroatoms. The second kappa shape index (κ2) is 9.77. The summed E-state index contributed by atoms with van der Waals surface area (Å²) in [5, 5.41) is 0. The zero-order valence-electron chi connectivity index (χ0n) is 18.6. The summed E-state index contributed by atoms with van der Waals surface area (Å²) in [6, 6.07) is 8.71. The van der Waals surface area contributed by atoms with Crippen LogP contribution in [0.3, 0.4) is 0 Å². The van der Waals surface area contributed by atoms with Crippen LogP contribution in [0.15, 0.2) is 43.0 Å². The van der Waals surface area contributed by atoms with Crippen LogP contribution in [0, 0.1) is 5.41 Å². The number of carbonyl (C=O) groups excluding carboxylic acids is 1. The van der Waals surface area contributed by atoms with E-state index in [1.807, 2.05) is 13.0 Å². The number of fused-ring (bicyclic) bond motifs is 1. The Morgan fingerprint density at radius 1 is 1.22 bits per heavy atom. The number of aromatic nitrogens is 4. The lowest BCUT2D eigenvalue weighted by Crippen LogP contribution is -2.28. The number of benzene rings is 1. The predicted molar refractivity (Wildman–Crippen MR) is 120 cm³/mol. The standard InChI is InChI=1S/C21H28N5O5P/c1-15(10-26-13-25-18-19(22)23-12-24-20(18)26)29-14-32(28,30-11-21(3,4)16(2)27)31-17-8-6-5-7-9-17/h5-9,12-13,15H,10-11,14H2,1-4H3,(H2,22,23,24)/t15-,32?/m1/s1. The van der Waals surface area contributed by atoms with Gasteiger partial charge >= 0.3 is 7.60 Å². The average Bonchev–Trinajstić information content (AvgIpc) is 3.16. The molecule has 0 aliphatic carbocycles. The Morgan fingerprint density at radius 3 is 2.62 bits per heavy atom. The third-order valence-electron chi connectivity index (χ3n) is 4.96. The lowest BCUT2D eigenvalue weighted by molar-refractivity contribution is -0.126.